The van der Waals surface area contributed by atoms with Crippen LogP contribution < -0.4 is 0 Å². The van der Waals surface area contributed by atoms with E-state index in [1.54, 1.807) is 0 Å². The van der Waals surface area contributed by atoms with E-state index in [2.05, 4.69) is 48.5 Å². The number of hydrogen-bond acceptors (Lipinski definition) is 3. The Kier molecular flexibility index (Phi) is 4.65. The standard InChI is InChI=1S/C31H29N3/c1-3-7-24(8-4-1)28-32-29(25-9-5-2-6-10-25)34-30(33-28)26-11-13-27(14-12-26)31-18-21-15-22(19-31)17-23(16-21)20-31/h1-14,21-23H,15-20H2/t21-,22+,23-,31?. The quantitative estimate of drug-likeness (QED) is 0.331. The maximum absolute atomic E-state index is 4.90. The van der Waals surface area contributed by atoms with Gasteiger partial charge in [-0.2, -0.15) is 0 Å². The van der Waals surface area contributed by atoms with Crippen molar-refractivity contribution in [2.45, 2.75) is 43.9 Å². The molecule has 3 aromatic carbocycles. The molecule has 4 aromatic rings. The Morgan fingerprint density at radius 1 is 0.471 bits per heavy atom. The van der Waals surface area contributed by atoms with Crippen LogP contribution in [0.4, 0.5) is 0 Å². The summed E-state index contributed by atoms with van der Waals surface area (Å²) in [6.07, 6.45) is 8.60. The first-order valence-electron chi connectivity index (χ1n) is 12.7. The summed E-state index contributed by atoms with van der Waals surface area (Å²) in [5.74, 6) is 5.04. The number of nitrogens with zero attached hydrogens (tertiary/aromatic N) is 3. The zero-order chi connectivity index (χ0) is 22.5. The van der Waals surface area contributed by atoms with Crippen molar-refractivity contribution in [1.29, 1.82) is 0 Å². The molecule has 0 saturated heterocycles. The summed E-state index contributed by atoms with van der Waals surface area (Å²) in [5, 5.41) is 0. The Bertz CT molecular complexity index is 1220. The predicted molar refractivity (Wildman–Crippen MR) is 136 cm³/mol. The minimum atomic E-state index is 0.413. The molecule has 0 N–H and O–H groups in total. The Morgan fingerprint density at radius 3 is 1.26 bits per heavy atom. The van der Waals surface area contributed by atoms with E-state index in [9.17, 15) is 0 Å². The number of hydrogen-bond donors (Lipinski definition) is 0. The van der Waals surface area contributed by atoms with E-state index in [-0.39, 0.29) is 0 Å². The lowest BCUT2D eigenvalue weighted by molar-refractivity contribution is -0.00518. The van der Waals surface area contributed by atoms with Gasteiger partial charge < -0.3 is 0 Å². The molecule has 4 saturated carbocycles. The summed E-state index contributed by atoms with van der Waals surface area (Å²) in [4.78, 5) is 14.6. The molecular formula is C31H29N3. The summed E-state index contributed by atoms with van der Waals surface area (Å²) in [5.41, 5.74) is 5.03. The van der Waals surface area contributed by atoms with Crippen molar-refractivity contribution in [3.8, 4) is 34.2 Å². The van der Waals surface area contributed by atoms with Crippen molar-refractivity contribution < 1.29 is 0 Å². The maximum atomic E-state index is 4.90. The number of benzene rings is 3. The third-order valence-corrected chi connectivity index (χ3v) is 8.49. The fourth-order valence-electron chi connectivity index (χ4n) is 7.37. The van der Waals surface area contributed by atoms with Gasteiger partial charge in [-0.3, -0.25) is 0 Å². The fraction of sp³-hybridized carbons (Fsp3) is 0.323. The van der Waals surface area contributed by atoms with Crippen LogP contribution in [-0.2, 0) is 5.41 Å². The monoisotopic (exact) mass is 443 g/mol. The van der Waals surface area contributed by atoms with Crippen molar-refractivity contribution in [3.63, 3.8) is 0 Å². The highest BCUT2D eigenvalue weighted by Gasteiger charge is 2.51. The van der Waals surface area contributed by atoms with Crippen molar-refractivity contribution in [1.82, 2.24) is 15.0 Å². The first kappa shape index (κ1) is 20.1. The lowest BCUT2D eigenvalue weighted by Gasteiger charge is -2.57. The van der Waals surface area contributed by atoms with Gasteiger partial charge in [-0.05, 0) is 67.3 Å². The maximum Gasteiger partial charge on any atom is 0.164 e. The Balaban J connectivity index is 1.28. The lowest BCUT2D eigenvalue weighted by atomic mass is 9.48. The molecule has 3 heteroatoms. The minimum absolute atomic E-state index is 0.413. The summed E-state index contributed by atoms with van der Waals surface area (Å²) in [6, 6.07) is 29.6. The molecule has 4 fully saturated rings. The normalized spacial score (nSPS) is 27.1. The molecule has 0 atom stereocenters. The molecule has 4 aliphatic carbocycles. The van der Waals surface area contributed by atoms with Gasteiger partial charge in [0.25, 0.3) is 0 Å². The highest BCUT2D eigenvalue weighted by Crippen LogP contribution is 2.60. The number of aromatic nitrogens is 3. The van der Waals surface area contributed by atoms with Crippen LogP contribution in [0.3, 0.4) is 0 Å². The molecule has 0 amide bonds. The zero-order valence-corrected chi connectivity index (χ0v) is 19.4. The van der Waals surface area contributed by atoms with Gasteiger partial charge in [-0.15, -0.1) is 0 Å². The van der Waals surface area contributed by atoms with Gasteiger partial charge in [-0.25, -0.2) is 15.0 Å². The van der Waals surface area contributed by atoms with Crippen LogP contribution in [0.1, 0.15) is 44.1 Å². The van der Waals surface area contributed by atoms with Crippen LogP contribution >= 0.6 is 0 Å². The average Bonchev–Trinajstić information content (AvgIpc) is 2.89. The largest absolute Gasteiger partial charge is 0.208 e. The van der Waals surface area contributed by atoms with Gasteiger partial charge in [0.15, 0.2) is 17.5 Å². The predicted octanol–water partition coefficient (Wildman–Crippen LogP) is 7.34. The van der Waals surface area contributed by atoms with Crippen LogP contribution in [0.2, 0.25) is 0 Å². The van der Waals surface area contributed by atoms with Gasteiger partial charge in [0.2, 0.25) is 0 Å². The SMILES string of the molecule is c1ccc(-c2nc(-c3ccccc3)nc(-c3ccc(C45C[C@H]6C[C@@H](C4)C[C@@H](C5)C6)cc3)n2)cc1. The highest BCUT2D eigenvalue weighted by molar-refractivity contribution is 5.66. The summed E-state index contributed by atoms with van der Waals surface area (Å²) >= 11 is 0. The molecule has 1 aromatic heterocycles. The summed E-state index contributed by atoms with van der Waals surface area (Å²) in [7, 11) is 0. The summed E-state index contributed by atoms with van der Waals surface area (Å²) < 4.78 is 0. The molecule has 0 radical (unpaired) electrons. The first-order chi connectivity index (χ1) is 16.7. The van der Waals surface area contributed by atoms with Crippen LogP contribution in [0.15, 0.2) is 84.9 Å². The molecule has 0 aliphatic heterocycles. The van der Waals surface area contributed by atoms with Crippen molar-refractivity contribution in [3.05, 3.63) is 90.5 Å². The first-order valence-corrected chi connectivity index (χ1v) is 12.7. The second-order valence-electron chi connectivity index (χ2n) is 10.8. The fourth-order valence-corrected chi connectivity index (χ4v) is 7.37. The van der Waals surface area contributed by atoms with Crippen LogP contribution in [0.25, 0.3) is 34.2 Å². The topological polar surface area (TPSA) is 38.7 Å². The highest BCUT2D eigenvalue weighted by atomic mass is 15.0. The lowest BCUT2D eigenvalue weighted by Crippen LogP contribution is -2.48. The Morgan fingerprint density at radius 2 is 0.853 bits per heavy atom. The van der Waals surface area contributed by atoms with E-state index >= 15 is 0 Å². The van der Waals surface area contributed by atoms with Crippen LogP contribution in [0, 0.1) is 17.8 Å². The molecule has 34 heavy (non-hydrogen) atoms. The third kappa shape index (κ3) is 3.46. The second kappa shape index (κ2) is 7.87. The van der Waals surface area contributed by atoms with Gasteiger partial charge in [0.1, 0.15) is 0 Å². The molecule has 168 valence electrons. The molecule has 1 heterocycles. The smallest absolute Gasteiger partial charge is 0.164 e. The van der Waals surface area contributed by atoms with Crippen LogP contribution in [0.5, 0.6) is 0 Å². The molecule has 4 bridgehead atoms. The Labute approximate surface area is 201 Å². The minimum Gasteiger partial charge on any atom is -0.208 e. The molecule has 0 unspecified atom stereocenters. The van der Waals surface area contributed by atoms with E-state index < -0.39 is 0 Å². The van der Waals surface area contributed by atoms with E-state index in [0.717, 1.165) is 51.9 Å². The molecular weight excluding hydrogens is 414 g/mol. The molecule has 8 rings (SSSR count). The second-order valence-corrected chi connectivity index (χ2v) is 10.8. The Hall–Kier alpha value is -3.33. The van der Waals surface area contributed by atoms with E-state index in [0.29, 0.717) is 5.41 Å². The van der Waals surface area contributed by atoms with Gasteiger partial charge in [0, 0.05) is 16.7 Å². The molecule has 0 spiro atoms. The number of rotatable bonds is 4. The van der Waals surface area contributed by atoms with Crippen molar-refractivity contribution >= 4 is 0 Å². The van der Waals surface area contributed by atoms with Crippen molar-refractivity contribution in [2.75, 3.05) is 0 Å². The van der Waals surface area contributed by atoms with E-state index in [1.807, 2.05) is 36.4 Å². The average molecular weight is 444 g/mol. The van der Waals surface area contributed by atoms with Gasteiger partial charge in [-0.1, -0.05) is 84.9 Å². The molecule has 4 aliphatic rings. The third-order valence-electron chi connectivity index (χ3n) is 8.49. The zero-order valence-electron chi connectivity index (χ0n) is 19.4. The van der Waals surface area contributed by atoms with E-state index in [4.69, 9.17) is 15.0 Å². The summed E-state index contributed by atoms with van der Waals surface area (Å²) in [6.45, 7) is 0. The van der Waals surface area contributed by atoms with Crippen molar-refractivity contribution in [2.24, 2.45) is 17.8 Å². The van der Waals surface area contributed by atoms with Gasteiger partial charge >= 0.3 is 0 Å². The van der Waals surface area contributed by atoms with Gasteiger partial charge in [0.05, 0.1) is 0 Å². The van der Waals surface area contributed by atoms with E-state index in [1.165, 1.54) is 44.1 Å². The van der Waals surface area contributed by atoms with Crippen LogP contribution in [-0.4, -0.2) is 15.0 Å². The molecule has 3 nitrogen and oxygen atoms in total.